The lowest BCUT2D eigenvalue weighted by molar-refractivity contribution is 0.336. The minimum atomic E-state index is 0.668. The van der Waals surface area contributed by atoms with E-state index < -0.39 is 0 Å². The van der Waals surface area contributed by atoms with E-state index in [1.165, 1.54) is 0 Å². The highest BCUT2D eigenvalue weighted by Gasteiger charge is 1.93. The summed E-state index contributed by atoms with van der Waals surface area (Å²) >= 11 is 0. The lowest BCUT2D eigenvalue weighted by Gasteiger charge is -2.03. The lowest BCUT2D eigenvalue weighted by Crippen LogP contribution is -1.91. The SMILES string of the molecule is CCOc1c[c]cc(OC)c1. The number of hydrogen-bond donors (Lipinski definition) is 0. The van der Waals surface area contributed by atoms with Crippen LogP contribution in [0.3, 0.4) is 0 Å². The van der Waals surface area contributed by atoms with E-state index in [1.54, 1.807) is 19.2 Å². The van der Waals surface area contributed by atoms with Gasteiger partial charge in [-0.1, -0.05) is 0 Å². The molecule has 0 aliphatic rings. The molecule has 1 rings (SSSR count). The molecule has 0 aliphatic heterocycles. The highest BCUT2D eigenvalue weighted by Crippen LogP contribution is 2.17. The molecule has 0 fully saturated rings. The third-order valence-electron chi connectivity index (χ3n) is 1.28. The first-order chi connectivity index (χ1) is 5.36. The summed E-state index contributed by atoms with van der Waals surface area (Å²) in [6.45, 7) is 2.61. The first-order valence-corrected chi connectivity index (χ1v) is 3.54. The summed E-state index contributed by atoms with van der Waals surface area (Å²) in [5.41, 5.74) is 0. The van der Waals surface area contributed by atoms with Crippen LogP contribution in [0.5, 0.6) is 11.5 Å². The average molecular weight is 151 g/mol. The maximum atomic E-state index is 5.24. The predicted octanol–water partition coefficient (Wildman–Crippen LogP) is 1.89. The second-order valence-electron chi connectivity index (χ2n) is 2.04. The van der Waals surface area contributed by atoms with Gasteiger partial charge in [0, 0.05) is 6.07 Å². The largest absolute Gasteiger partial charge is 0.497 e. The average Bonchev–Trinajstić information content (AvgIpc) is 2.06. The van der Waals surface area contributed by atoms with Crippen molar-refractivity contribution in [3.8, 4) is 11.5 Å². The van der Waals surface area contributed by atoms with Crippen molar-refractivity contribution >= 4 is 0 Å². The molecule has 0 atom stereocenters. The molecule has 1 radical (unpaired) electrons. The Hall–Kier alpha value is -1.18. The molecule has 1 aromatic carbocycles. The van der Waals surface area contributed by atoms with Crippen LogP contribution in [0.4, 0.5) is 0 Å². The quantitative estimate of drug-likeness (QED) is 0.656. The third kappa shape index (κ3) is 2.15. The first kappa shape index (κ1) is 7.92. The van der Waals surface area contributed by atoms with E-state index in [4.69, 9.17) is 9.47 Å². The normalized spacial score (nSPS) is 9.27. The molecule has 1 aromatic rings. The van der Waals surface area contributed by atoms with Gasteiger partial charge in [-0.05, 0) is 25.1 Å². The Labute approximate surface area is 66.8 Å². The summed E-state index contributed by atoms with van der Waals surface area (Å²) in [4.78, 5) is 0. The fourth-order valence-electron chi connectivity index (χ4n) is 0.797. The van der Waals surface area contributed by atoms with Crippen LogP contribution in [0.2, 0.25) is 0 Å². The van der Waals surface area contributed by atoms with E-state index in [1.807, 2.05) is 13.0 Å². The smallest absolute Gasteiger partial charge is 0.123 e. The summed E-state index contributed by atoms with van der Waals surface area (Å²) in [6, 6.07) is 8.30. The number of rotatable bonds is 3. The standard InChI is InChI=1S/C9H11O2/c1-3-11-9-6-4-5-8(7-9)10-2/h5-7H,3H2,1-2H3. The number of methoxy groups -OCH3 is 1. The molecule has 11 heavy (non-hydrogen) atoms. The molecular weight excluding hydrogens is 140 g/mol. The van der Waals surface area contributed by atoms with Gasteiger partial charge in [0.05, 0.1) is 13.7 Å². The molecule has 0 amide bonds. The predicted molar refractivity (Wildman–Crippen MR) is 43.0 cm³/mol. The van der Waals surface area contributed by atoms with Crippen molar-refractivity contribution in [3.63, 3.8) is 0 Å². The second kappa shape index (κ2) is 3.86. The van der Waals surface area contributed by atoms with Crippen molar-refractivity contribution in [2.75, 3.05) is 13.7 Å². The van der Waals surface area contributed by atoms with Gasteiger partial charge in [0.15, 0.2) is 0 Å². The fourth-order valence-corrected chi connectivity index (χ4v) is 0.797. The second-order valence-corrected chi connectivity index (χ2v) is 2.04. The zero-order chi connectivity index (χ0) is 8.10. The molecule has 0 saturated carbocycles. The summed E-state index contributed by atoms with van der Waals surface area (Å²) < 4.78 is 10.2. The molecular formula is C9H11O2. The van der Waals surface area contributed by atoms with Gasteiger partial charge < -0.3 is 9.47 Å². The van der Waals surface area contributed by atoms with E-state index in [0.29, 0.717) is 6.61 Å². The van der Waals surface area contributed by atoms with Gasteiger partial charge in [-0.25, -0.2) is 0 Å². The number of benzene rings is 1. The van der Waals surface area contributed by atoms with E-state index >= 15 is 0 Å². The summed E-state index contributed by atoms with van der Waals surface area (Å²) in [5.74, 6) is 1.57. The maximum Gasteiger partial charge on any atom is 0.123 e. The van der Waals surface area contributed by atoms with Gasteiger partial charge in [-0.15, -0.1) is 0 Å². The number of hydrogen-bond acceptors (Lipinski definition) is 2. The molecule has 0 N–H and O–H groups in total. The van der Waals surface area contributed by atoms with Crippen LogP contribution < -0.4 is 9.47 Å². The molecule has 0 unspecified atom stereocenters. The van der Waals surface area contributed by atoms with Crippen molar-refractivity contribution in [2.24, 2.45) is 0 Å². The summed E-state index contributed by atoms with van der Waals surface area (Å²) in [7, 11) is 1.62. The Morgan fingerprint density at radius 2 is 2.09 bits per heavy atom. The lowest BCUT2D eigenvalue weighted by atomic mass is 10.3. The Morgan fingerprint density at radius 1 is 1.36 bits per heavy atom. The monoisotopic (exact) mass is 151 g/mol. The molecule has 0 heterocycles. The molecule has 0 aliphatic carbocycles. The Morgan fingerprint density at radius 3 is 2.73 bits per heavy atom. The Kier molecular flexibility index (Phi) is 2.78. The minimum absolute atomic E-state index is 0.668. The van der Waals surface area contributed by atoms with E-state index in [-0.39, 0.29) is 0 Å². The van der Waals surface area contributed by atoms with Gasteiger partial charge >= 0.3 is 0 Å². The molecule has 0 saturated heterocycles. The van der Waals surface area contributed by atoms with Crippen LogP contribution in [0, 0.1) is 6.07 Å². The van der Waals surface area contributed by atoms with Crippen molar-refractivity contribution in [1.82, 2.24) is 0 Å². The summed E-state index contributed by atoms with van der Waals surface area (Å²) in [6.07, 6.45) is 0. The van der Waals surface area contributed by atoms with Gasteiger partial charge in [0.25, 0.3) is 0 Å². The van der Waals surface area contributed by atoms with Gasteiger partial charge in [-0.2, -0.15) is 0 Å². The summed E-state index contributed by atoms with van der Waals surface area (Å²) in [5, 5.41) is 0. The molecule has 2 nitrogen and oxygen atoms in total. The zero-order valence-electron chi connectivity index (χ0n) is 6.76. The van der Waals surface area contributed by atoms with Crippen molar-refractivity contribution in [3.05, 3.63) is 24.3 Å². The Balaban J connectivity index is 2.74. The van der Waals surface area contributed by atoms with Crippen LogP contribution in [0.25, 0.3) is 0 Å². The number of ether oxygens (including phenoxy) is 2. The van der Waals surface area contributed by atoms with E-state index in [2.05, 4.69) is 6.07 Å². The minimum Gasteiger partial charge on any atom is -0.497 e. The highest BCUT2D eigenvalue weighted by atomic mass is 16.5. The topological polar surface area (TPSA) is 18.5 Å². The van der Waals surface area contributed by atoms with Gasteiger partial charge in [0.1, 0.15) is 11.5 Å². The molecule has 0 spiro atoms. The van der Waals surface area contributed by atoms with E-state index in [0.717, 1.165) is 11.5 Å². The molecule has 59 valence electrons. The van der Waals surface area contributed by atoms with Crippen molar-refractivity contribution in [1.29, 1.82) is 0 Å². The Bertz CT molecular complexity index is 221. The fraction of sp³-hybridized carbons (Fsp3) is 0.333. The zero-order valence-corrected chi connectivity index (χ0v) is 6.76. The van der Waals surface area contributed by atoms with Crippen LogP contribution >= 0.6 is 0 Å². The molecule has 2 heteroatoms. The third-order valence-corrected chi connectivity index (χ3v) is 1.28. The molecule has 0 aromatic heterocycles. The van der Waals surface area contributed by atoms with Crippen LogP contribution in [0.15, 0.2) is 18.2 Å². The van der Waals surface area contributed by atoms with Crippen molar-refractivity contribution in [2.45, 2.75) is 6.92 Å². The van der Waals surface area contributed by atoms with E-state index in [9.17, 15) is 0 Å². The van der Waals surface area contributed by atoms with Crippen LogP contribution in [-0.2, 0) is 0 Å². The maximum absolute atomic E-state index is 5.24. The van der Waals surface area contributed by atoms with Gasteiger partial charge in [-0.3, -0.25) is 0 Å². The first-order valence-electron chi connectivity index (χ1n) is 3.54. The van der Waals surface area contributed by atoms with Gasteiger partial charge in [0.2, 0.25) is 0 Å². The van der Waals surface area contributed by atoms with Crippen LogP contribution in [0.1, 0.15) is 6.92 Å². The molecule has 0 bridgehead atoms. The highest BCUT2D eigenvalue weighted by molar-refractivity contribution is 5.31. The van der Waals surface area contributed by atoms with Crippen molar-refractivity contribution < 1.29 is 9.47 Å². The van der Waals surface area contributed by atoms with Crippen LogP contribution in [-0.4, -0.2) is 13.7 Å².